The minimum absolute atomic E-state index is 0.0842. The number of nitrogen functional groups attached to an aromatic ring is 1. The maximum absolute atomic E-state index is 15.2. The van der Waals surface area contributed by atoms with Crippen LogP contribution in [0.3, 0.4) is 0 Å². The molecular formula is C27H20FN3O4. The smallest absolute Gasteiger partial charge is 0.353 e. The molecule has 4 aromatic rings. The molecule has 7 nitrogen and oxygen atoms in total. The van der Waals surface area contributed by atoms with Gasteiger partial charge in [0, 0.05) is 41.5 Å². The van der Waals surface area contributed by atoms with Gasteiger partial charge in [-0.25, -0.2) is 14.2 Å². The lowest BCUT2D eigenvalue weighted by atomic mass is 9.92. The summed E-state index contributed by atoms with van der Waals surface area (Å²) in [6, 6.07) is 10.4. The minimum Gasteiger partial charge on any atom is -0.492 e. The molecule has 3 N–H and O–H groups in total. The second-order valence-corrected chi connectivity index (χ2v) is 8.63. The lowest BCUT2D eigenvalue weighted by molar-refractivity contribution is -0.113. The lowest BCUT2D eigenvalue weighted by Gasteiger charge is -2.13. The van der Waals surface area contributed by atoms with Gasteiger partial charge < -0.3 is 20.1 Å². The number of aromatic carboxylic acids is 1. The standard InChI is InChI=1S/C27H20FN3O4/c28-18-12-20-24(26-16(18)9-10-35-26)23(17-6-2-4-8-21(17)32)25(27(33)34)31(20)13-14-11-22(29)30-19-7-3-1-5-15(14)19/h1-7,11-12H,8-10,13H2,(H2,29,30)(H,33,34). The van der Waals surface area contributed by atoms with E-state index in [1.807, 2.05) is 24.3 Å². The zero-order chi connectivity index (χ0) is 24.3. The number of benzene rings is 2. The first-order valence-electron chi connectivity index (χ1n) is 11.2. The van der Waals surface area contributed by atoms with E-state index in [0.717, 1.165) is 10.9 Å². The Labute approximate surface area is 198 Å². The quantitative estimate of drug-likeness (QED) is 0.456. The van der Waals surface area contributed by atoms with Crippen molar-refractivity contribution in [2.45, 2.75) is 19.4 Å². The first-order chi connectivity index (χ1) is 16.9. The number of nitrogens with two attached hydrogens (primary N) is 1. The molecule has 0 atom stereocenters. The zero-order valence-corrected chi connectivity index (χ0v) is 18.5. The number of carboxylic acid groups (broad SMARTS) is 1. The predicted octanol–water partition coefficient (Wildman–Crippen LogP) is 4.50. The second-order valence-electron chi connectivity index (χ2n) is 8.63. The summed E-state index contributed by atoms with van der Waals surface area (Å²) in [6.07, 6.45) is 5.60. The molecule has 0 amide bonds. The van der Waals surface area contributed by atoms with Crippen LogP contribution in [0.2, 0.25) is 0 Å². The van der Waals surface area contributed by atoms with Crippen LogP contribution in [0.5, 0.6) is 5.75 Å². The molecule has 0 radical (unpaired) electrons. The molecule has 6 rings (SSSR count). The fraction of sp³-hybridized carbons (Fsp3) is 0.148. The largest absolute Gasteiger partial charge is 0.492 e. The Morgan fingerprint density at radius 1 is 1.26 bits per heavy atom. The summed E-state index contributed by atoms with van der Waals surface area (Å²) in [5.41, 5.74) is 8.62. The van der Waals surface area contributed by atoms with E-state index in [4.69, 9.17) is 10.5 Å². The van der Waals surface area contributed by atoms with E-state index in [9.17, 15) is 14.7 Å². The third-order valence-corrected chi connectivity index (χ3v) is 6.58. The number of hydrogen-bond donors (Lipinski definition) is 2. The van der Waals surface area contributed by atoms with Gasteiger partial charge in [-0.15, -0.1) is 0 Å². The number of carbonyl (C=O) groups is 2. The Bertz CT molecular complexity index is 1650. The number of carboxylic acids is 1. The third kappa shape index (κ3) is 3.21. The van der Waals surface area contributed by atoms with Gasteiger partial charge in [0.15, 0.2) is 5.78 Å². The number of allylic oxidation sites excluding steroid dienone is 4. The van der Waals surface area contributed by atoms with Crippen LogP contribution in [0.1, 0.15) is 33.6 Å². The Morgan fingerprint density at radius 2 is 2.09 bits per heavy atom. The van der Waals surface area contributed by atoms with E-state index in [1.165, 1.54) is 10.6 Å². The van der Waals surface area contributed by atoms with Gasteiger partial charge in [-0.05, 0) is 23.8 Å². The number of Topliss-reactive ketones (excluding diaryl/α,β-unsaturated/α-hetero) is 1. The van der Waals surface area contributed by atoms with Crippen LogP contribution in [0.25, 0.3) is 27.4 Å². The summed E-state index contributed by atoms with van der Waals surface area (Å²) in [7, 11) is 0. The summed E-state index contributed by atoms with van der Waals surface area (Å²) in [5, 5.41) is 11.6. The first-order valence-corrected chi connectivity index (χ1v) is 11.2. The van der Waals surface area contributed by atoms with Crippen LogP contribution in [0.4, 0.5) is 10.2 Å². The Kier molecular flexibility index (Phi) is 4.70. The van der Waals surface area contributed by atoms with Crippen molar-refractivity contribution in [1.82, 2.24) is 9.55 Å². The molecule has 0 bridgehead atoms. The molecule has 1 aliphatic carbocycles. The molecule has 3 heterocycles. The number of aromatic nitrogens is 2. The molecule has 0 spiro atoms. The number of carbonyl (C=O) groups excluding carboxylic acids is 1. The topological polar surface area (TPSA) is 107 Å². The second kappa shape index (κ2) is 7.80. The van der Waals surface area contributed by atoms with Crippen LogP contribution in [0, 0.1) is 5.82 Å². The van der Waals surface area contributed by atoms with Crippen molar-refractivity contribution >= 4 is 44.9 Å². The van der Waals surface area contributed by atoms with Crippen molar-refractivity contribution in [3.63, 3.8) is 0 Å². The molecule has 35 heavy (non-hydrogen) atoms. The third-order valence-electron chi connectivity index (χ3n) is 6.58. The summed E-state index contributed by atoms with van der Waals surface area (Å²) in [5.74, 6) is -1.30. The predicted molar refractivity (Wildman–Crippen MR) is 130 cm³/mol. The number of pyridine rings is 1. The fourth-order valence-electron chi connectivity index (χ4n) is 5.12. The molecular weight excluding hydrogens is 449 g/mol. The Balaban J connectivity index is 1.71. The molecule has 0 saturated carbocycles. The highest BCUT2D eigenvalue weighted by Crippen LogP contribution is 2.44. The molecule has 1 aliphatic heterocycles. The number of ether oxygens (including phenoxy) is 1. The van der Waals surface area contributed by atoms with Crippen molar-refractivity contribution in [2.24, 2.45) is 0 Å². The number of ketones is 1. The summed E-state index contributed by atoms with van der Waals surface area (Å²) in [6.45, 7) is 0.373. The molecule has 2 aromatic carbocycles. The number of rotatable bonds is 4. The Hall–Kier alpha value is -4.46. The summed E-state index contributed by atoms with van der Waals surface area (Å²) < 4.78 is 22.5. The van der Waals surface area contributed by atoms with Crippen molar-refractivity contribution in [2.75, 3.05) is 12.3 Å². The number of hydrogen-bond acceptors (Lipinski definition) is 5. The van der Waals surface area contributed by atoms with Crippen molar-refractivity contribution in [3.8, 4) is 5.75 Å². The van der Waals surface area contributed by atoms with E-state index >= 15 is 4.39 Å². The highest BCUT2D eigenvalue weighted by atomic mass is 19.1. The number of fused-ring (bicyclic) bond motifs is 4. The van der Waals surface area contributed by atoms with Gasteiger partial charge in [-0.3, -0.25) is 4.79 Å². The van der Waals surface area contributed by atoms with E-state index < -0.39 is 11.8 Å². The maximum atomic E-state index is 15.2. The average Bonchev–Trinajstić information content (AvgIpc) is 3.43. The molecule has 0 unspecified atom stereocenters. The Morgan fingerprint density at radius 3 is 2.89 bits per heavy atom. The number of para-hydroxylation sites is 1. The van der Waals surface area contributed by atoms with Gasteiger partial charge >= 0.3 is 5.97 Å². The average molecular weight is 469 g/mol. The van der Waals surface area contributed by atoms with E-state index in [1.54, 1.807) is 24.3 Å². The maximum Gasteiger partial charge on any atom is 0.353 e. The highest BCUT2D eigenvalue weighted by molar-refractivity contribution is 6.28. The van der Waals surface area contributed by atoms with Gasteiger partial charge in [0.2, 0.25) is 0 Å². The van der Waals surface area contributed by atoms with Crippen LogP contribution in [-0.4, -0.2) is 33.0 Å². The van der Waals surface area contributed by atoms with Gasteiger partial charge in [-0.2, -0.15) is 0 Å². The van der Waals surface area contributed by atoms with Crippen LogP contribution in [0.15, 0.2) is 54.6 Å². The monoisotopic (exact) mass is 469 g/mol. The molecule has 2 aliphatic rings. The number of halogens is 1. The van der Waals surface area contributed by atoms with Crippen LogP contribution < -0.4 is 10.5 Å². The van der Waals surface area contributed by atoms with Crippen molar-refractivity contribution in [1.29, 1.82) is 0 Å². The van der Waals surface area contributed by atoms with Crippen molar-refractivity contribution < 1.29 is 23.8 Å². The van der Waals surface area contributed by atoms with E-state index in [0.29, 0.717) is 34.2 Å². The van der Waals surface area contributed by atoms with E-state index in [2.05, 4.69) is 4.98 Å². The molecule has 0 fully saturated rings. The number of nitrogens with zero attached hydrogens (tertiary/aromatic N) is 2. The van der Waals surface area contributed by atoms with Crippen LogP contribution in [-0.2, 0) is 17.8 Å². The SMILES string of the molecule is Nc1cc(Cn2c(C(=O)O)c(C3=CC=CCC3=O)c3c4c(c(F)cc32)CCO4)c2ccccc2n1. The van der Waals surface area contributed by atoms with Gasteiger partial charge in [0.1, 0.15) is 23.1 Å². The highest BCUT2D eigenvalue weighted by Gasteiger charge is 2.33. The van der Waals surface area contributed by atoms with Crippen molar-refractivity contribution in [3.05, 3.63) is 82.8 Å². The first kappa shape index (κ1) is 21.1. The minimum atomic E-state index is -1.22. The van der Waals surface area contributed by atoms with E-state index in [-0.39, 0.29) is 48.0 Å². The normalized spacial score (nSPS) is 14.9. The summed E-state index contributed by atoms with van der Waals surface area (Å²) >= 11 is 0. The fourth-order valence-corrected chi connectivity index (χ4v) is 5.12. The summed E-state index contributed by atoms with van der Waals surface area (Å²) in [4.78, 5) is 30.0. The molecule has 174 valence electrons. The van der Waals surface area contributed by atoms with Gasteiger partial charge in [0.05, 0.1) is 23.0 Å². The lowest BCUT2D eigenvalue weighted by Crippen LogP contribution is -2.14. The number of anilines is 1. The molecule has 0 saturated heterocycles. The van der Waals surface area contributed by atoms with Gasteiger partial charge in [-0.1, -0.05) is 36.4 Å². The molecule has 2 aromatic heterocycles. The molecule has 8 heteroatoms. The van der Waals surface area contributed by atoms with Crippen LogP contribution >= 0.6 is 0 Å². The van der Waals surface area contributed by atoms with Gasteiger partial charge in [0.25, 0.3) is 0 Å². The zero-order valence-electron chi connectivity index (χ0n) is 18.5.